The molecular weight excluding hydrogens is 335 g/mol. The van der Waals surface area contributed by atoms with Crippen LogP contribution in [0.5, 0.6) is 0 Å². The molecule has 0 aromatic heterocycles. The standard InChI is InChI=1S/C13H15.Hf/c1-9(2)12-6-4-5-11-7-10(3)8-13(11)12;/h4-9H,1-3H3;. The molecule has 14 heavy (non-hydrogen) atoms. The van der Waals surface area contributed by atoms with Gasteiger partial charge in [0, 0.05) is 32.3 Å². The van der Waals surface area contributed by atoms with E-state index in [0.29, 0.717) is 5.92 Å². The molecule has 1 aliphatic rings. The first kappa shape index (κ1) is 11.9. The van der Waals surface area contributed by atoms with Gasteiger partial charge in [0.1, 0.15) is 0 Å². The predicted molar refractivity (Wildman–Crippen MR) is 57.6 cm³/mol. The Morgan fingerprint density at radius 1 is 1.14 bits per heavy atom. The van der Waals surface area contributed by atoms with Gasteiger partial charge in [-0.3, -0.25) is 0 Å². The van der Waals surface area contributed by atoms with Gasteiger partial charge in [-0.15, -0.1) is 0 Å². The maximum atomic E-state index is 2.28. The second kappa shape index (κ2) is 4.57. The van der Waals surface area contributed by atoms with Gasteiger partial charge in [0.2, 0.25) is 0 Å². The van der Waals surface area contributed by atoms with Crippen molar-refractivity contribution in [3.05, 3.63) is 46.9 Å². The van der Waals surface area contributed by atoms with Crippen LogP contribution >= 0.6 is 0 Å². The van der Waals surface area contributed by atoms with Crippen LogP contribution in [0.4, 0.5) is 0 Å². The third-order valence-electron chi connectivity index (χ3n) is 2.55. The van der Waals surface area contributed by atoms with E-state index in [2.05, 4.69) is 51.5 Å². The van der Waals surface area contributed by atoms with Gasteiger partial charge in [0.15, 0.2) is 0 Å². The van der Waals surface area contributed by atoms with Gasteiger partial charge in [-0.25, -0.2) is 0 Å². The molecule has 0 bridgehead atoms. The van der Waals surface area contributed by atoms with Crippen LogP contribution < -0.4 is 0 Å². The molecule has 0 spiro atoms. The number of hydrogen-bond donors (Lipinski definition) is 0. The minimum absolute atomic E-state index is 0. The molecule has 0 amide bonds. The number of rotatable bonds is 1. The quantitative estimate of drug-likeness (QED) is 0.677. The van der Waals surface area contributed by atoms with Crippen LogP contribution in [-0.2, 0) is 25.8 Å². The molecule has 0 aliphatic heterocycles. The van der Waals surface area contributed by atoms with E-state index in [1.54, 1.807) is 0 Å². The van der Waals surface area contributed by atoms with Crippen molar-refractivity contribution < 1.29 is 25.8 Å². The van der Waals surface area contributed by atoms with E-state index < -0.39 is 0 Å². The fourth-order valence-corrected chi connectivity index (χ4v) is 1.91. The van der Waals surface area contributed by atoms with Gasteiger partial charge in [0.25, 0.3) is 0 Å². The van der Waals surface area contributed by atoms with Gasteiger partial charge in [0.05, 0.1) is 0 Å². The monoisotopic (exact) mass is 351 g/mol. The molecule has 0 atom stereocenters. The summed E-state index contributed by atoms with van der Waals surface area (Å²) in [5.74, 6) is 0.616. The van der Waals surface area contributed by atoms with Crippen molar-refractivity contribution in [2.75, 3.05) is 0 Å². The normalized spacial score (nSPS) is 13.6. The SMILES string of the molecule is CC1=Cc2c(cccc2C(C)C)[CH]1.[Hf]. The second-order valence-electron chi connectivity index (χ2n) is 4.04. The third-order valence-corrected chi connectivity index (χ3v) is 2.55. The largest absolute Gasteiger partial charge is 0.0642 e. The van der Waals surface area contributed by atoms with Crippen molar-refractivity contribution in [2.24, 2.45) is 0 Å². The average Bonchev–Trinajstić information content (AvgIpc) is 2.43. The molecule has 1 radical (unpaired) electrons. The van der Waals surface area contributed by atoms with Crippen molar-refractivity contribution >= 4 is 6.08 Å². The molecule has 0 nitrogen and oxygen atoms in total. The minimum Gasteiger partial charge on any atom is -0.0642 e. The fraction of sp³-hybridized carbons (Fsp3) is 0.308. The summed E-state index contributed by atoms with van der Waals surface area (Å²) in [7, 11) is 0. The summed E-state index contributed by atoms with van der Waals surface area (Å²) < 4.78 is 0. The summed E-state index contributed by atoms with van der Waals surface area (Å²) >= 11 is 0. The van der Waals surface area contributed by atoms with Gasteiger partial charge in [-0.2, -0.15) is 0 Å². The Balaban J connectivity index is 0.000000980. The first-order valence-corrected chi connectivity index (χ1v) is 4.84. The molecule has 1 heteroatoms. The molecule has 0 fully saturated rings. The van der Waals surface area contributed by atoms with E-state index in [0.717, 1.165) is 0 Å². The van der Waals surface area contributed by atoms with Crippen molar-refractivity contribution in [3.8, 4) is 0 Å². The molecule has 1 aromatic carbocycles. The van der Waals surface area contributed by atoms with Crippen LogP contribution in [0, 0.1) is 6.42 Å². The van der Waals surface area contributed by atoms with Crippen molar-refractivity contribution in [1.82, 2.24) is 0 Å². The Hall–Kier alpha value is -0.170. The minimum atomic E-state index is 0. The zero-order chi connectivity index (χ0) is 9.42. The zero-order valence-electron chi connectivity index (χ0n) is 8.96. The molecule has 71 valence electrons. The van der Waals surface area contributed by atoms with Crippen LogP contribution in [0.2, 0.25) is 0 Å². The summed E-state index contributed by atoms with van der Waals surface area (Å²) in [5.41, 5.74) is 5.63. The van der Waals surface area contributed by atoms with E-state index in [-0.39, 0.29) is 25.8 Å². The number of hydrogen-bond acceptors (Lipinski definition) is 0. The molecule has 1 aliphatic carbocycles. The summed E-state index contributed by atoms with van der Waals surface area (Å²) in [6.45, 7) is 6.65. The predicted octanol–water partition coefficient (Wildman–Crippen LogP) is 3.78. The molecule has 0 N–H and O–H groups in total. The Labute approximate surface area is 105 Å². The number of allylic oxidation sites excluding steroid dienone is 1. The average molecular weight is 350 g/mol. The van der Waals surface area contributed by atoms with Gasteiger partial charge >= 0.3 is 0 Å². The van der Waals surface area contributed by atoms with Crippen LogP contribution in [0.15, 0.2) is 23.8 Å². The van der Waals surface area contributed by atoms with E-state index >= 15 is 0 Å². The third kappa shape index (κ3) is 2.08. The topological polar surface area (TPSA) is 0 Å². The number of fused-ring (bicyclic) bond motifs is 1. The summed E-state index contributed by atoms with van der Waals surface area (Å²) in [4.78, 5) is 0. The molecular formula is C13H15Hf. The zero-order valence-corrected chi connectivity index (χ0v) is 12.6. The molecule has 2 rings (SSSR count). The van der Waals surface area contributed by atoms with Crippen LogP contribution in [0.1, 0.15) is 43.4 Å². The molecule has 0 heterocycles. The molecule has 0 saturated carbocycles. The fourth-order valence-electron chi connectivity index (χ4n) is 1.91. The summed E-state index contributed by atoms with van der Waals surface area (Å²) in [6, 6.07) is 6.57. The maximum absolute atomic E-state index is 2.28. The van der Waals surface area contributed by atoms with E-state index in [9.17, 15) is 0 Å². The smallest absolute Gasteiger partial charge is 0.0161 e. The molecule has 1 aromatic rings. The van der Waals surface area contributed by atoms with E-state index in [1.165, 1.54) is 22.3 Å². The summed E-state index contributed by atoms with van der Waals surface area (Å²) in [5, 5.41) is 0. The summed E-state index contributed by atoms with van der Waals surface area (Å²) in [6.07, 6.45) is 4.53. The number of benzene rings is 1. The maximum Gasteiger partial charge on any atom is 0.0161 e. The Morgan fingerprint density at radius 2 is 1.86 bits per heavy atom. The molecule has 0 saturated heterocycles. The van der Waals surface area contributed by atoms with Crippen molar-refractivity contribution in [2.45, 2.75) is 26.7 Å². The van der Waals surface area contributed by atoms with Gasteiger partial charge < -0.3 is 0 Å². The Bertz CT molecular complexity index is 361. The van der Waals surface area contributed by atoms with Crippen LogP contribution in [0.3, 0.4) is 0 Å². The Kier molecular flexibility index (Phi) is 3.88. The van der Waals surface area contributed by atoms with E-state index in [4.69, 9.17) is 0 Å². The van der Waals surface area contributed by atoms with Gasteiger partial charge in [-0.05, 0) is 29.5 Å². The van der Waals surface area contributed by atoms with Crippen molar-refractivity contribution in [1.29, 1.82) is 0 Å². The Morgan fingerprint density at radius 3 is 2.50 bits per heavy atom. The van der Waals surface area contributed by atoms with Crippen molar-refractivity contribution in [3.63, 3.8) is 0 Å². The van der Waals surface area contributed by atoms with E-state index in [1.807, 2.05) is 0 Å². The van der Waals surface area contributed by atoms with Crippen LogP contribution in [-0.4, -0.2) is 0 Å². The van der Waals surface area contributed by atoms with Gasteiger partial charge in [-0.1, -0.05) is 43.7 Å². The molecule has 0 unspecified atom stereocenters. The second-order valence-corrected chi connectivity index (χ2v) is 4.04. The first-order valence-electron chi connectivity index (χ1n) is 4.84. The first-order chi connectivity index (χ1) is 6.18. The van der Waals surface area contributed by atoms with Crippen LogP contribution in [0.25, 0.3) is 6.08 Å².